The summed E-state index contributed by atoms with van der Waals surface area (Å²) >= 11 is 0. The quantitative estimate of drug-likeness (QED) is 0.553. The monoisotopic (exact) mass is 304 g/mol. The average Bonchev–Trinajstić information content (AvgIpc) is 2.47. The Morgan fingerprint density at radius 1 is 1.27 bits per heavy atom. The first-order chi connectivity index (χ1) is 10.5. The van der Waals surface area contributed by atoms with Gasteiger partial charge in [-0.2, -0.15) is 0 Å². The summed E-state index contributed by atoms with van der Waals surface area (Å²) in [5, 5.41) is 2.14. The molecule has 116 valence electrons. The van der Waals surface area contributed by atoms with Crippen molar-refractivity contribution in [1.82, 2.24) is 10.2 Å². The highest BCUT2D eigenvalue weighted by Crippen LogP contribution is 2.23. The summed E-state index contributed by atoms with van der Waals surface area (Å²) in [6.45, 7) is 1.71. The Kier molecular flexibility index (Phi) is 4.59. The van der Waals surface area contributed by atoms with Crippen molar-refractivity contribution in [2.45, 2.75) is 32.2 Å². The number of amides is 4. The van der Waals surface area contributed by atoms with Gasteiger partial charge in [-0.15, -0.1) is 0 Å². The predicted molar refractivity (Wildman–Crippen MR) is 78.2 cm³/mol. The molecule has 4 amide bonds. The minimum absolute atomic E-state index is 0.0620. The summed E-state index contributed by atoms with van der Waals surface area (Å²) in [4.78, 5) is 56.5. The Bertz CT molecular complexity index is 633. The van der Waals surface area contributed by atoms with E-state index in [0.717, 1.165) is 4.90 Å². The van der Waals surface area contributed by atoms with Crippen molar-refractivity contribution in [3.8, 4) is 0 Å². The van der Waals surface area contributed by atoms with Crippen LogP contribution in [0.1, 0.15) is 26.2 Å². The first kappa shape index (κ1) is 15.7. The van der Waals surface area contributed by atoms with Crippen LogP contribution in [0, 0.1) is 0 Å². The van der Waals surface area contributed by atoms with Crippen LogP contribution in [0.4, 0.5) is 0 Å². The molecule has 1 atom stereocenters. The molecule has 0 saturated carbocycles. The maximum atomic E-state index is 12.5. The van der Waals surface area contributed by atoms with E-state index < -0.39 is 29.7 Å². The Morgan fingerprint density at radius 3 is 2.59 bits per heavy atom. The third kappa shape index (κ3) is 2.85. The molecule has 0 aromatic rings. The number of carbonyl (C=O) groups is 4. The highest BCUT2D eigenvalue weighted by molar-refractivity contribution is 6.49. The third-order valence-electron chi connectivity index (χ3n) is 3.46. The van der Waals surface area contributed by atoms with Gasteiger partial charge in [0.05, 0.1) is 6.42 Å². The molecule has 0 aliphatic carbocycles. The number of hydrogen-bond acceptors (Lipinski definition) is 6. The number of piperidine rings is 2. The van der Waals surface area contributed by atoms with Crippen molar-refractivity contribution in [2.24, 2.45) is 9.98 Å². The molecular formula is C14H16N4O4. The van der Waals surface area contributed by atoms with E-state index in [9.17, 15) is 19.2 Å². The second-order valence-corrected chi connectivity index (χ2v) is 4.85. The fourth-order valence-corrected chi connectivity index (χ4v) is 2.45. The molecule has 8 heteroatoms. The van der Waals surface area contributed by atoms with Gasteiger partial charge >= 0.3 is 0 Å². The SMILES string of the molecule is C/C=N/C=C1/CC(=O)N(C2CCC(=O)NC2=O)C(=O)/C1=N/C. The summed E-state index contributed by atoms with van der Waals surface area (Å²) in [5.74, 6) is -2.16. The van der Waals surface area contributed by atoms with Crippen LogP contribution in [-0.4, -0.2) is 53.5 Å². The van der Waals surface area contributed by atoms with Crippen molar-refractivity contribution in [3.05, 3.63) is 11.8 Å². The van der Waals surface area contributed by atoms with Crippen LogP contribution in [0.3, 0.4) is 0 Å². The lowest BCUT2D eigenvalue weighted by Crippen LogP contribution is -2.59. The van der Waals surface area contributed by atoms with Gasteiger partial charge in [0.1, 0.15) is 11.8 Å². The normalized spacial score (nSPS) is 27.2. The molecule has 0 bridgehead atoms. The van der Waals surface area contributed by atoms with Gasteiger partial charge in [-0.1, -0.05) is 0 Å². The van der Waals surface area contributed by atoms with E-state index in [4.69, 9.17) is 0 Å². The number of carbonyl (C=O) groups excluding carboxylic acids is 4. The highest BCUT2D eigenvalue weighted by Gasteiger charge is 2.43. The lowest BCUT2D eigenvalue weighted by molar-refractivity contribution is -0.152. The van der Waals surface area contributed by atoms with E-state index in [2.05, 4.69) is 15.3 Å². The van der Waals surface area contributed by atoms with E-state index >= 15 is 0 Å². The Hall–Kier alpha value is -2.64. The van der Waals surface area contributed by atoms with E-state index in [-0.39, 0.29) is 25.0 Å². The molecule has 2 heterocycles. The summed E-state index contributed by atoms with van der Waals surface area (Å²) in [7, 11) is 1.44. The third-order valence-corrected chi connectivity index (χ3v) is 3.46. The van der Waals surface area contributed by atoms with Crippen LogP contribution in [0.5, 0.6) is 0 Å². The minimum Gasteiger partial charge on any atom is -0.295 e. The predicted octanol–water partition coefficient (Wildman–Crippen LogP) is -0.404. The lowest BCUT2D eigenvalue weighted by atomic mass is 9.96. The van der Waals surface area contributed by atoms with E-state index in [1.54, 1.807) is 6.92 Å². The summed E-state index contributed by atoms with van der Waals surface area (Å²) in [6.07, 6.45) is 3.11. The van der Waals surface area contributed by atoms with Gasteiger partial charge in [0.2, 0.25) is 17.7 Å². The van der Waals surface area contributed by atoms with E-state index in [1.165, 1.54) is 19.5 Å². The Balaban J connectivity index is 2.32. The molecular weight excluding hydrogens is 288 g/mol. The van der Waals surface area contributed by atoms with Gasteiger partial charge in [-0.25, -0.2) is 0 Å². The largest absolute Gasteiger partial charge is 0.295 e. The van der Waals surface area contributed by atoms with Crippen molar-refractivity contribution in [3.63, 3.8) is 0 Å². The van der Waals surface area contributed by atoms with Gasteiger partial charge in [0, 0.05) is 31.5 Å². The zero-order valence-corrected chi connectivity index (χ0v) is 12.3. The molecule has 8 nitrogen and oxygen atoms in total. The number of hydrogen-bond donors (Lipinski definition) is 1. The fourth-order valence-electron chi connectivity index (χ4n) is 2.45. The zero-order valence-electron chi connectivity index (χ0n) is 12.3. The molecule has 2 saturated heterocycles. The van der Waals surface area contributed by atoms with E-state index in [0.29, 0.717) is 5.57 Å². The molecule has 1 unspecified atom stereocenters. The second-order valence-electron chi connectivity index (χ2n) is 4.85. The summed E-state index contributed by atoms with van der Waals surface area (Å²) in [5.41, 5.74) is 0.522. The van der Waals surface area contributed by atoms with Gasteiger partial charge < -0.3 is 0 Å². The van der Waals surface area contributed by atoms with Crippen molar-refractivity contribution in [1.29, 1.82) is 0 Å². The molecule has 0 spiro atoms. The van der Waals surface area contributed by atoms with Crippen LogP contribution in [-0.2, 0) is 19.2 Å². The topological polar surface area (TPSA) is 108 Å². The maximum absolute atomic E-state index is 12.5. The summed E-state index contributed by atoms with van der Waals surface area (Å²) in [6, 6.07) is -0.967. The molecule has 22 heavy (non-hydrogen) atoms. The van der Waals surface area contributed by atoms with Gasteiger partial charge in [-0.05, 0) is 13.3 Å². The fraction of sp³-hybridized carbons (Fsp3) is 0.429. The maximum Gasteiger partial charge on any atom is 0.279 e. The van der Waals surface area contributed by atoms with Crippen LogP contribution < -0.4 is 5.32 Å². The second kappa shape index (κ2) is 6.42. The highest BCUT2D eigenvalue weighted by atomic mass is 16.2. The van der Waals surface area contributed by atoms with Crippen LogP contribution in [0.2, 0.25) is 0 Å². The number of likely N-dealkylation sites (tertiary alicyclic amines) is 1. The first-order valence-corrected chi connectivity index (χ1v) is 6.83. The van der Waals surface area contributed by atoms with Gasteiger partial charge in [0.15, 0.2) is 0 Å². The lowest BCUT2D eigenvalue weighted by Gasteiger charge is -2.34. The number of rotatable bonds is 2. The standard InChI is InChI=1S/C14H16N4O4/c1-3-16-7-8-6-11(20)18(14(22)12(8)15-2)9-4-5-10(19)17-13(9)21/h3,7,9H,4-6H2,1-2H3,(H,17,19,21)/b8-7-,15-12+,16-3+. The molecule has 2 fully saturated rings. The first-order valence-electron chi connectivity index (χ1n) is 6.83. The molecule has 0 aromatic carbocycles. The van der Waals surface area contributed by atoms with Crippen molar-refractivity contribution in [2.75, 3.05) is 7.05 Å². The van der Waals surface area contributed by atoms with Crippen LogP contribution in [0.25, 0.3) is 0 Å². The molecule has 0 aromatic heterocycles. The molecule has 2 rings (SSSR count). The zero-order chi connectivity index (χ0) is 16.3. The number of aliphatic imine (C=N–C) groups is 2. The average molecular weight is 304 g/mol. The smallest absolute Gasteiger partial charge is 0.279 e. The molecule has 1 N–H and O–H groups in total. The molecule has 2 aliphatic rings. The van der Waals surface area contributed by atoms with Crippen molar-refractivity contribution >= 4 is 35.6 Å². The van der Waals surface area contributed by atoms with Gasteiger partial charge in [0.25, 0.3) is 5.91 Å². The number of nitrogens with one attached hydrogen (secondary N) is 1. The number of nitrogens with zero attached hydrogens (tertiary/aromatic N) is 3. The molecule has 2 aliphatic heterocycles. The van der Waals surface area contributed by atoms with Crippen LogP contribution >= 0.6 is 0 Å². The summed E-state index contributed by atoms with van der Waals surface area (Å²) < 4.78 is 0. The van der Waals surface area contributed by atoms with Crippen molar-refractivity contribution < 1.29 is 19.2 Å². The Labute approximate surface area is 127 Å². The van der Waals surface area contributed by atoms with Crippen LogP contribution in [0.15, 0.2) is 21.8 Å². The molecule has 0 radical (unpaired) electrons. The minimum atomic E-state index is -0.967. The van der Waals surface area contributed by atoms with Gasteiger partial charge in [-0.3, -0.25) is 39.4 Å². The Morgan fingerprint density at radius 2 is 2.00 bits per heavy atom. The van der Waals surface area contributed by atoms with E-state index in [1.807, 2.05) is 0 Å². The number of imide groups is 2.